The van der Waals surface area contributed by atoms with Crippen molar-refractivity contribution in [3.8, 4) is 0 Å². The molecular weight excluding hydrogens is 264 g/mol. The summed E-state index contributed by atoms with van der Waals surface area (Å²) in [6.07, 6.45) is 2.35. The van der Waals surface area contributed by atoms with Crippen LogP contribution in [0.1, 0.15) is 23.2 Å². The van der Waals surface area contributed by atoms with Crippen molar-refractivity contribution >= 4 is 29.0 Å². The van der Waals surface area contributed by atoms with Crippen molar-refractivity contribution < 1.29 is 14.6 Å². The molecule has 0 spiro atoms. The van der Waals surface area contributed by atoms with Gasteiger partial charge in [-0.3, -0.25) is 0 Å². The van der Waals surface area contributed by atoms with Crippen molar-refractivity contribution in [2.45, 2.75) is 18.9 Å². The highest BCUT2D eigenvalue weighted by atomic mass is 32.1. The Labute approximate surface area is 117 Å². The largest absolute Gasteiger partial charge is 0.478 e. The third-order valence-corrected chi connectivity index (χ3v) is 3.13. The normalized spacial score (nSPS) is 18.0. The fourth-order valence-corrected chi connectivity index (χ4v) is 2.12. The van der Waals surface area contributed by atoms with Crippen LogP contribution in [0.15, 0.2) is 24.3 Å². The number of carboxylic acids is 1. The summed E-state index contributed by atoms with van der Waals surface area (Å²) in [6, 6.07) is 6.53. The molecule has 0 aliphatic carbocycles. The van der Waals surface area contributed by atoms with Crippen molar-refractivity contribution in [3.05, 3.63) is 29.8 Å². The van der Waals surface area contributed by atoms with Gasteiger partial charge in [0, 0.05) is 18.8 Å². The van der Waals surface area contributed by atoms with Crippen LogP contribution in [0.3, 0.4) is 0 Å². The van der Waals surface area contributed by atoms with E-state index in [9.17, 15) is 4.79 Å². The number of nitrogens with one attached hydrogen (secondary N) is 2. The molecule has 1 fully saturated rings. The van der Waals surface area contributed by atoms with Gasteiger partial charge in [0.05, 0.1) is 11.7 Å². The highest BCUT2D eigenvalue weighted by molar-refractivity contribution is 7.80. The van der Waals surface area contributed by atoms with Gasteiger partial charge in [-0.1, -0.05) is 6.07 Å². The van der Waals surface area contributed by atoms with E-state index in [2.05, 4.69) is 10.6 Å². The van der Waals surface area contributed by atoms with Gasteiger partial charge < -0.3 is 20.5 Å². The third-order valence-electron chi connectivity index (χ3n) is 2.88. The first-order valence-corrected chi connectivity index (χ1v) is 6.56. The van der Waals surface area contributed by atoms with Gasteiger partial charge in [-0.25, -0.2) is 4.79 Å². The van der Waals surface area contributed by atoms with Gasteiger partial charge in [0.1, 0.15) is 0 Å². The third kappa shape index (κ3) is 4.18. The van der Waals surface area contributed by atoms with Crippen LogP contribution in [-0.2, 0) is 4.74 Å². The number of rotatable bonds is 4. The van der Waals surface area contributed by atoms with Gasteiger partial charge >= 0.3 is 5.97 Å². The molecule has 1 aliphatic rings. The van der Waals surface area contributed by atoms with Crippen molar-refractivity contribution in [1.29, 1.82) is 0 Å². The predicted molar refractivity (Wildman–Crippen MR) is 76.6 cm³/mol. The smallest absolute Gasteiger partial charge is 0.335 e. The van der Waals surface area contributed by atoms with Crippen LogP contribution < -0.4 is 10.6 Å². The molecule has 0 unspecified atom stereocenters. The zero-order chi connectivity index (χ0) is 13.7. The molecule has 0 radical (unpaired) electrons. The van der Waals surface area contributed by atoms with E-state index in [-0.39, 0.29) is 11.7 Å². The Kier molecular flexibility index (Phi) is 4.70. The molecule has 1 atom stereocenters. The number of hydrogen-bond donors (Lipinski definition) is 3. The number of aromatic carboxylic acids is 1. The molecule has 102 valence electrons. The number of benzene rings is 1. The molecule has 6 heteroatoms. The van der Waals surface area contributed by atoms with Crippen LogP contribution in [0.4, 0.5) is 5.69 Å². The maximum absolute atomic E-state index is 10.8. The Morgan fingerprint density at radius 1 is 1.53 bits per heavy atom. The van der Waals surface area contributed by atoms with Gasteiger partial charge in [-0.2, -0.15) is 0 Å². The first-order chi connectivity index (χ1) is 9.15. The number of anilines is 1. The highest BCUT2D eigenvalue weighted by Gasteiger charge is 2.15. The van der Waals surface area contributed by atoms with Crippen LogP contribution in [0.25, 0.3) is 0 Å². The number of carbonyl (C=O) groups is 1. The molecule has 0 amide bonds. The molecule has 1 heterocycles. The molecule has 5 nitrogen and oxygen atoms in total. The molecule has 0 aromatic heterocycles. The van der Waals surface area contributed by atoms with Crippen LogP contribution in [0.2, 0.25) is 0 Å². The van der Waals surface area contributed by atoms with E-state index < -0.39 is 5.97 Å². The Bertz CT molecular complexity index is 473. The zero-order valence-corrected chi connectivity index (χ0v) is 11.2. The average Bonchev–Trinajstić information content (AvgIpc) is 2.90. The number of carboxylic acid groups (broad SMARTS) is 1. The summed E-state index contributed by atoms with van der Waals surface area (Å²) in [6.45, 7) is 1.48. The predicted octanol–water partition coefficient (Wildman–Crippen LogP) is 1.85. The first kappa shape index (κ1) is 13.8. The van der Waals surface area contributed by atoms with Gasteiger partial charge in [-0.05, 0) is 43.3 Å². The van der Waals surface area contributed by atoms with Crippen molar-refractivity contribution in [2.75, 3.05) is 18.5 Å². The minimum atomic E-state index is -0.957. The van der Waals surface area contributed by atoms with E-state index in [1.165, 1.54) is 6.07 Å². The average molecular weight is 280 g/mol. The molecule has 1 aliphatic heterocycles. The zero-order valence-electron chi connectivity index (χ0n) is 10.4. The van der Waals surface area contributed by atoms with Gasteiger partial charge in [-0.15, -0.1) is 0 Å². The second kappa shape index (κ2) is 6.49. The number of hydrogen-bond acceptors (Lipinski definition) is 3. The van der Waals surface area contributed by atoms with E-state index in [0.29, 0.717) is 17.3 Å². The summed E-state index contributed by atoms with van der Waals surface area (Å²) in [5.74, 6) is -0.957. The Hall–Kier alpha value is -1.66. The van der Waals surface area contributed by atoms with Crippen LogP contribution >= 0.6 is 12.2 Å². The lowest BCUT2D eigenvalue weighted by Gasteiger charge is -2.14. The van der Waals surface area contributed by atoms with E-state index in [1.54, 1.807) is 18.2 Å². The van der Waals surface area contributed by atoms with Crippen molar-refractivity contribution in [3.63, 3.8) is 0 Å². The standard InChI is InChI=1S/C13H16N2O3S/c16-12(17)9-3-1-4-10(7-9)15-13(19)14-8-11-5-2-6-18-11/h1,3-4,7,11H,2,5-6,8H2,(H,16,17)(H2,14,15,19)/t11-/m1/s1. The van der Waals surface area contributed by atoms with Crippen LogP contribution in [0.5, 0.6) is 0 Å². The van der Waals surface area contributed by atoms with E-state index >= 15 is 0 Å². The fourth-order valence-electron chi connectivity index (χ4n) is 1.92. The quantitative estimate of drug-likeness (QED) is 0.731. The van der Waals surface area contributed by atoms with E-state index in [4.69, 9.17) is 22.1 Å². The lowest BCUT2D eigenvalue weighted by molar-refractivity contribution is 0.0697. The lowest BCUT2D eigenvalue weighted by atomic mass is 10.2. The molecule has 1 aromatic rings. The van der Waals surface area contributed by atoms with Gasteiger partial charge in [0.25, 0.3) is 0 Å². The Balaban J connectivity index is 1.84. The monoisotopic (exact) mass is 280 g/mol. The number of thiocarbonyl (C=S) groups is 1. The minimum absolute atomic E-state index is 0.213. The van der Waals surface area contributed by atoms with E-state index in [0.717, 1.165) is 19.4 Å². The summed E-state index contributed by atoms with van der Waals surface area (Å²) < 4.78 is 5.48. The second-order valence-corrected chi connectivity index (χ2v) is 4.76. The summed E-state index contributed by atoms with van der Waals surface area (Å²) in [4.78, 5) is 10.8. The van der Waals surface area contributed by atoms with Crippen LogP contribution in [0, 0.1) is 0 Å². The topological polar surface area (TPSA) is 70.6 Å². The molecule has 3 N–H and O–H groups in total. The fraction of sp³-hybridized carbons (Fsp3) is 0.385. The lowest BCUT2D eigenvalue weighted by Crippen LogP contribution is -2.34. The molecule has 0 saturated carbocycles. The van der Waals surface area contributed by atoms with Crippen molar-refractivity contribution in [1.82, 2.24) is 5.32 Å². The highest BCUT2D eigenvalue weighted by Crippen LogP contribution is 2.12. The molecule has 1 aromatic carbocycles. The molecule has 0 bridgehead atoms. The summed E-state index contributed by atoms with van der Waals surface area (Å²) in [5, 5.41) is 15.4. The molecule has 1 saturated heterocycles. The summed E-state index contributed by atoms with van der Waals surface area (Å²) in [5.41, 5.74) is 0.886. The summed E-state index contributed by atoms with van der Waals surface area (Å²) in [7, 11) is 0. The first-order valence-electron chi connectivity index (χ1n) is 6.15. The van der Waals surface area contributed by atoms with Crippen molar-refractivity contribution in [2.24, 2.45) is 0 Å². The Morgan fingerprint density at radius 3 is 3.05 bits per heavy atom. The van der Waals surface area contributed by atoms with Crippen LogP contribution in [-0.4, -0.2) is 35.4 Å². The maximum atomic E-state index is 10.8. The molecular formula is C13H16N2O3S. The second-order valence-electron chi connectivity index (χ2n) is 4.36. The Morgan fingerprint density at radius 2 is 2.37 bits per heavy atom. The maximum Gasteiger partial charge on any atom is 0.335 e. The SMILES string of the molecule is O=C(O)c1cccc(NC(=S)NC[C@H]2CCCO2)c1. The van der Waals surface area contributed by atoms with Gasteiger partial charge in [0.2, 0.25) is 0 Å². The molecule has 19 heavy (non-hydrogen) atoms. The van der Waals surface area contributed by atoms with E-state index in [1.807, 2.05) is 0 Å². The minimum Gasteiger partial charge on any atom is -0.478 e. The molecule has 2 rings (SSSR count). The van der Waals surface area contributed by atoms with Gasteiger partial charge in [0.15, 0.2) is 5.11 Å². The summed E-state index contributed by atoms with van der Waals surface area (Å²) >= 11 is 5.15. The number of ether oxygens (including phenoxy) is 1.